The van der Waals surface area contributed by atoms with Crippen LogP contribution in [0.1, 0.15) is 23.0 Å². The standard InChI is InChI=1S/C19H18N4O3/c1-2-26-18-10-6-4-8-14(18)15-11-16(22-21-15)19(25)23-20-12-13-7-3-5-9-17(13)24/h3-12,24H,2H2,1H3,(H,21,22)(H,23,25)/b20-12+. The maximum absolute atomic E-state index is 12.2. The largest absolute Gasteiger partial charge is 0.507 e. The first-order valence-corrected chi connectivity index (χ1v) is 8.08. The molecular formula is C19H18N4O3. The van der Waals surface area contributed by atoms with Gasteiger partial charge in [-0.3, -0.25) is 9.89 Å². The molecule has 1 amide bonds. The zero-order valence-electron chi connectivity index (χ0n) is 14.1. The summed E-state index contributed by atoms with van der Waals surface area (Å²) >= 11 is 0. The Labute approximate surface area is 150 Å². The first kappa shape index (κ1) is 17.2. The number of aromatic nitrogens is 2. The van der Waals surface area contributed by atoms with Crippen molar-refractivity contribution in [2.24, 2.45) is 5.10 Å². The summed E-state index contributed by atoms with van der Waals surface area (Å²) in [6.07, 6.45) is 1.37. The molecule has 0 atom stereocenters. The molecule has 26 heavy (non-hydrogen) atoms. The van der Waals surface area contributed by atoms with E-state index in [0.717, 1.165) is 5.56 Å². The highest BCUT2D eigenvalue weighted by atomic mass is 16.5. The molecule has 7 heteroatoms. The Hall–Kier alpha value is -3.61. The van der Waals surface area contributed by atoms with Crippen LogP contribution < -0.4 is 10.2 Å². The van der Waals surface area contributed by atoms with E-state index in [1.54, 1.807) is 30.3 Å². The number of hydrazone groups is 1. The lowest BCUT2D eigenvalue weighted by Crippen LogP contribution is -2.18. The second-order valence-electron chi connectivity index (χ2n) is 5.35. The second kappa shape index (κ2) is 7.98. The number of benzene rings is 2. The quantitative estimate of drug-likeness (QED) is 0.470. The zero-order valence-corrected chi connectivity index (χ0v) is 14.1. The van der Waals surface area contributed by atoms with Crippen LogP contribution >= 0.6 is 0 Å². The van der Waals surface area contributed by atoms with Crippen molar-refractivity contribution in [1.82, 2.24) is 15.6 Å². The summed E-state index contributed by atoms with van der Waals surface area (Å²) in [6, 6.07) is 15.8. The molecule has 1 heterocycles. The predicted molar refractivity (Wildman–Crippen MR) is 98.4 cm³/mol. The molecule has 3 N–H and O–H groups in total. The number of hydrogen-bond acceptors (Lipinski definition) is 5. The lowest BCUT2D eigenvalue weighted by Gasteiger charge is -2.07. The number of nitrogens with one attached hydrogen (secondary N) is 2. The van der Waals surface area contributed by atoms with Crippen molar-refractivity contribution in [3.63, 3.8) is 0 Å². The Balaban J connectivity index is 1.72. The average Bonchev–Trinajstić information content (AvgIpc) is 3.14. The number of hydrogen-bond donors (Lipinski definition) is 3. The number of aromatic hydroxyl groups is 1. The molecule has 0 saturated heterocycles. The fourth-order valence-electron chi connectivity index (χ4n) is 2.35. The van der Waals surface area contributed by atoms with Crippen molar-refractivity contribution < 1.29 is 14.6 Å². The van der Waals surface area contributed by atoms with Crippen molar-refractivity contribution in [1.29, 1.82) is 0 Å². The molecule has 0 aliphatic heterocycles. The summed E-state index contributed by atoms with van der Waals surface area (Å²) in [4.78, 5) is 12.2. The molecule has 1 aromatic heterocycles. The van der Waals surface area contributed by atoms with Crippen LogP contribution in [0, 0.1) is 0 Å². The molecule has 0 bridgehead atoms. The Bertz CT molecular complexity index is 934. The van der Waals surface area contributed by atoms with Crippen LogP contribution in [0.2, 0.25) is 0 Å². The minimum absolute atomic E-state index is 0.0851. The molecule has 7 nitrogen and oxygen atoms in total. The summed E-state index contributed by atoms with van der Waals surface area (Å²) in [5.41, 5.74) is 4.56. The minimum atomic E-state index is -0.440. The van der Waals surface area contributed by atoms with Gasteiger partial charge in [0.15, 0.2) is 0 Å². The number of ether oxygens (including phenoxy) is 1. The van der Waals surface area contributed by atoms with Gasteiger partial charge in [0, 0.05) is 11.1 Å². The molecule has 0 spiro atoms. The number of carbonyl (C=O) groups excluding carboxylic acids is 1. The Morgan fingerprint density at radius 1 is 1.27 bits per heavy atom. The van der Waals surface area contributed by atoms with E-state index in [2.05, 4.69) is 20.7 Å². The number of phenolic OH excluding ortho intramolecular Hbond substituents is 1. The van der Waals surface area contributed by atoms with E-state index < -0.39 is 5.91 Å². The van der Waals surface area contributed by atoms with Gasteiger partial charge in [0.25, 0.3) is 5.91 Å². The lowest BCUT2D eigenvalue weighted by atomic mass is 10.1. The maximum atomic E-state index is 12.2. The van der Waals surface area contributed by atoms with Gasteiger partial charge in [-0.1, -0.05) is 24.3 Å². The van der Waals surface area contributed by atoms with Crippen LogP contribution in [0.15, 0.2) is 59.7 Å². The first-order chi connectivity index (χ1) is 12.7. The van der Waals surface area contributed by atoms with Crippen molar-refractivity contribution in [2.75, 3.05) is 6.61 Å². The van der Waals surface area contributed by atoms with E-state index in [1.807, 2.05) is 31.2 Å². The maximum Gasteiger partial charge on any atom is 0.289 e. The summed E-state index contributed by atoms with van der Waals surface area (Å²) in [7, 11) is 0. The summed E-state index contributed by atoms with van der Waals surface area (Å²) in [6.45, 7) is 2.44. The smallest absolute Gasteiger partial charge is 0.289 e. The molecule has 0 unspecified atom stereocenters. The van der Waals surface area contributed by atoms with Crippen LogP contribution in [-0.2, 0) is 0 Å². The van der Waals surface area contributed by atoms with Gasteiger partial charge < -0.3 is 9.84 Å². The number of carbonyl (C=O) groups is 1. The van der Waals surface area contributed by atoms with Gasteiger partial charge in [0.1, 0.15) is 17.2 Å². The van der Waals surface area contributed by atoms with Gasteiger partial charge in [0.2, 0.25) is 0 Å². The number of aromatic amines is 1. The number of nitrogens with zero attached hydrogens (tertiary/aromatic N) is 2. The Kier molecular flexibility index (Phi) is 5.28. The molecule has 3 rings (SSSR count). The number of amides is 1. The Morgan fingerprint density at radius 3 is 2.85 bits per heavy atom. The van der Waals surface area contributed by atoms with E-state index >= 15 is 0 Å². The van der Waals surface area contributed by atoms with E-state index in [-0.39, 0.29) is 11.4 Å². The molecule has 132 valence electrons. The predicted octanol–water partition coefficient (Wildman–Crippen LogP) is 2.94. The van der Waals surface area contributed by atoms with Crippen LogP contribution in [0.25, 0.3) is 11.3 Å². The van der Waals surface area contributed by atoms with Crippen molar-refractivity contribution in [2.45, 2.75) is 6.92 Å². The molecule has 2 aromatic carbocycles. The first-order valence-electron chi connectivity index (χ1n) is 8.08. The minimum Gasteiger partial charge on any atom is -0.507 e. The highest BCUT2D eigenvalue weighted by Crippen LogP contribution is 2.28. The average molecular weight is 350 g/mol. The molecule has 0 radical (unpaired) electrons. The summed E-state index contributed by atoms with van der Waals surface area (Å²) in [5, 5.41) is 20.4. The fraction of sp³-hybridized carbons (Fsp3) is 0.105. The van der Waals surface area contributed by atoms with Gasteiger partial charge in [-0.2, -0.15) is 10.2 Å². The van der Waals surface area contributed by atoms with Crippen LogP contribution in [0.5, 0.6) is 11.5 Å². The number of H-pyrrole nitrogens is 1. The number of para-hydroxylation sites is 2. The lowest BCUT2D eigenvalue weighted by molar-refractivity contribution is 0.0950. The third-order valence-electron chi connectivity index (χ3n) is 3.59. The highest BCUT2D eigenvalue weighted by molar-refractivity contribution is 5.94. The number of phenols is 1. The topological polar surface area (TPSA) is 99.6 Å². The van der Waals surface area contributed by atoms with E-state index in [4.69, 9.17) is 4.74 Å². The van der Waals surface area contributed by atoms with Gasteiger partial charge in [0.05, 0.1) is 18.5 Å². The summed E-state index contributed by atoms with van der Waals surface area (Å²) < 4.78 is 5.58. The number of rotatable bonds is 6. The molecule has 0 aliphatic rings. The van der Waals surface area contributed by atoms with Crippen LogP contribution in [-0.4, -0.2) is 34.0 Å². The van der Waals surface area contributed by atoms with Gasteiger partial charge >= 0.3 is 0 Å². The van der Waals surface area contributed by atoms with E-state index in [1.165, 1.54) is 6.21 Å². The van der Waals surface area contributed by atoms with Crippen molar-refractivity contribution in [3.05, 3.63) is 65.9 Å². The molecular weight excluding hydrogens is 332 g/mol. The van der Waals surface area contributed by atoms with Crippen LogP contribution in [0.3, 0.4) is 0 Å². The SMILES string of the molecule is CCOc1ccccc1-c1cc(C(=O)N/N=C/c2ccccc2O)[nH]n1. The van der Waals surface area contributed by atoms with Crippen molar-refractivity contribution >= 4 is 12.1 Å². The second-order valence-corrected chi connectivity index (χ2v) is 5.35. The van der Waals surface area contributed by atoms with Crippen LogP contribution in [0.4, 0.5) is 0 Å². The zero-order chi connectivity index (χ0) is 18.4. The normalized spacial score (nSPS) is 10.8. The molecule has 0 fully saturated rings. The van der Waals surface area contributed by atoms with Gasteiger partial charge in [-0.25, -0.2) is 5.43 Å². The molecule has 0 aliphatic carbocycles. The Morgan fingerprint density at radius 2 is 2.04 bits per heavy atom. The third-order valence-corrected chi connectivity index (χ3v) is 3.59. The van der Waals surface area contributed by atoms with E-state index in [0.29, 0.717) is 23.6 Å². The monoisotopic (exact) mass is 350 g/mol. The fourth-order valence-corrected chi connectivity index (χ4v) is 2.35. The van der Waals surface area contributed by atoms with Gasteiger partial charge in [-0.05, 0) is 37.3 Å². The van der Waals surface area contributed by atoms with E-state index in [9.17, 15) is 9.90 Å². The summed E-state index contributed by atoms with van der Waals surface area (Å²) in [5.74, 6) is 0.345. The third kappa shape index (κ3) is 3.89. The molecule has 0 saturated carbocycles. The highest BCUT2D eigenvalue weighted by Gasteiger charge is 2.13. The van der Waals surface area contributed by atoms with Gasteiger partial charge in [-0.15, -0.1) is 0 Å². The molecule has 3 aromatic rings. The van der Waals surface area contributed by atoms with Crippen molar-refractivity contribution in [3.8, 4) is 22.8 Å².